The second kappa shape index (κ2) is 7.88. The molecule has 126 valence electrons. The van der Waals surface area contributed by atoms with Gasteiger partial charge in [0.05, 0.1) is 4.88 Å². The van der Waals surface area contributed by atoms with Crippen molar-refractivity contribution in [1.29, 1.82) is 0 Å². The van der Waals surface area contributed by atoms with E-state index in [2.05, 4.69) is 5.32 Å². The predicted octanol–water partition coefficient (Wildman–Crippen LogP) is 3.31. The molecular formula is C18H19NO4S. The first-order chi connectivity index (χ1) is 11.4. The first-order valence-corrected chi connectivity index (χ1v) is 8.43. The number of rotatable bonds is 6. The standard InChI is InChI=1S/C18H19NO4S/c1-11(2)16(19-17(21)15-5-4-10-24-15)18(22)23-14-8-6-13(7-9-14)12(3)20/h4-11,16H,1-3H3,(H,19,21)/t16-/m1/s1. The zero-order valence-corrected chi connectivity index (χ0v) is 14.6. The van der Waals surface area contributed by atoms with Crippen LogP contribution in [-0.4, -0.2) is 23.7 Å². The van der Waals surface area contributed by atoms with Gasteiger partial charge in [0.1, 0.15) is 11.8 Å². The van der Waals surface area contributed by atoms with Gasteiger partial charge in [-0.3, -0.25) is 9.59 Å². The number of hydrogen-bond donors (Lipinski definition) is 1. The Morgan fingerprint density at radius 2 is 1.75 bits per heavy atom. The summed E-state index contributed by atoms with van der Waals surface area (Å²) in [6, 6.07) is 9.04. The van der Waals surface area contributed by atoms with Gasteiger partial charge in [-0.25, -0.2) is 4.79 Å². The molecular weight excluding hydrogens is 326 g/mol. The maximum atomic E-state index is 12.4. The van der Waals surface area contributed by atoms with Crippen LogP contribution in [0.4, 0.5) is 0 Å². The molecule has 6 heteroatoms. The van der Waals surface area contributed by atoms with Crippen LogP contribution in [0.5, 0.6) is 5.75 Å². The fourth-order valence-electron chi connectivity index (χ4n) is 2.06. The number of hydrogen-bond acceptors (Lipinski definition) is 5. The fraction of sp³-hybridized carbons (Fsp3) is 0.278. The average molecular weight is 345 g/mol. The van der Waals surface area contributed by atoms with E-state index in [0.29, 0.717) is 16.2 Å². The van der Waals surface area contributed by atoms with E-state index in [1.165, 1.54) is 18.3 Å². The molecule has 1 aromatic carbocycles. The Morgan fingerprint density at radius 3 is 2.25 bits per heavy atom. The topological polar surface area (TPSA) is 72.5 Å². The summed E-state index contributed by atoms with van der Waals surface area (Å²) in [4.78, 5) is 36.3. The first-order valence-electron chi connectivity index (χ1n) is 7.55. The molecule has 0 aliphatic carbocycles. The number of Topliss-reactive ketones (excluding diaryl/α,β-unsaturated/α-hetero) is 1. The van der Waals surface area contributed by atoms with Crippen LogP contribution in [0.3, 0.4) is 0 Å². The third-order valence-corrected chi connectivity index (χ3v) is 4.30. The van der Waals surface area contributed by atoms with E-state index in [-0.39, 0.29) is 17.6 Å². The van der Waals surface area contributed by atoms with E-state index in [0.717, 1.165) is 0 Å². The Bertz CT molecular complexity index is 720. The molecule has 0 bridgehead atoms. The maximum Gasteiger partial charge on any atom is 0.334 e. The van der Waals surface area contributed by atoms with E-state index in [9.17, 15) is 14.4 Å². The summed E-state index contributed by atoms with van der Waals surface area (Å²) in [6.07, 6.45) is 0. The number of carbonyl (C=O) groups excluding carboxylic acids is 3. The van der Waals surface area contributed by atoms with Gasteiger partial charge in [0.2, 0.25) is 0 Å². The zero-order chi connectivity index (χ0) is 17.7. The highest BCUT2D eigenvalue weighted by Crippen LogP contribution is 2.16. The van der Waals surface area contributed by atoms with Crippen LogP contribution in [-0.2, 0) is 4.79 Å². The van der Waals surface area contributed by atoms with Crippen LogP contribution < -0.4 is 10.1 Å². The lowest BCUT2D eigenvalue weighted by atomic mass is 10.0. The number of nitrogens with one attached hydrogen (secondary N) is 1. The van der Waals surface area contributed by atoms with Gasteiger partial charge in [0, 0.05) is 5.56 Å². The number of ether oxygens (including phenoxy) is 1. The number of esters is 1. The van der Waals surface area contributed by atoms with Crippen LogP contribution >= 0.6 is 11.3 Å². The third-order valence-electron chi connectivity index (χ3n) is 3.43. The van der Waals surface area contributed by atoms with Crippen LogP contribution in [0, 0.1) is 5.92 Å². The van der Waals surface area contributed by atoms with Crippen LogP contribution in [0.25, 0.3) is 0 Å². The van der Waals surface area contributed by atoms with Crippen molar-refractivity contribution in [3.05, 3.63) is 52.2 Å². The minimum absolute atomic E-state index is 0.0591. The van der Waals surface area contributed by atoms with Crippen molar-refractivity contribution in [3.8, 4) is 5.75 Å². The van der Waals surface area contributed by atoms with Crippen molar-refractivity contribution in [3.63, 3.8) is 0 Å². The van der Waals surface area contributed by atoms with Crippen molar-refractivity contribution >= 4 is 29.0 Å². The minimum Gasteiger partial charge on any atom is -0.425 e. The minimum atomic E-state index is -0.757. The molecule has 0 spiro atoms. The molecule has 2 rings (SSSR count). The summed E-state index contributed by atoms with van der Waals surface area (Å²) in [5.74, 6) is -0.687. The molecule has 5 nitrogen and oxygen atoms in total. The van der Waals surface area contributed by atoms with Gasteiger partial charge in [0.25, 0.3) is 5.91 Å². The second-order valence-corrected chi connectivity index (χ2v) is 6.62. The smallest absolute Gasteiger partial charge is 0.334 e. The van der Waals surface area contributed by atoms with Crippen molar-refractivity contribution in [2.45, 2.75) is 26.8 Å². The molecule has 0 aliphatic heterocycles. The summed E-state index contributed by atoms with van der Waals surface area (Å²) >= 11 is 1.31. The number of carbonyl (C=O) groups is 3. The summed E-state index contributed by atoms with van der Waals surface area (Å²) in [5.41, 5.74) is 0.543. The first kappa shape index (κ1) is 17.9. The quantitative estimate of drug-likeness (QED) is 0.495. The molecule has 1 atom stereocenters. The lowest BCUT2D eigenvalue weighted by Crippen LogP contribution is -2.46. The highest BCUT2D eigenvalue weighted by atomic mass is 32.1. The lowest BCUT2D eigenvalue weighted by molar-refractivity contribution is -0.137. The van der Waals surface area contributed by atoms with E-state index >= 15 is 0 Å². The van der Waals surface area contributed by atoms with Gasteiger partial charge >= 0.3 is 5.97 Å². The Kier molecular flexibility index (Phi) is 5.87. The number of thiophene rings is 1. The number of ketones is 1. The molecule has 0 unspecified atom stereocenters. The Balaban J connectivity index is 2.06. The Hall–Kier alpha value is -2.47. The van der Waals surface area contributed by atoms with E-state index in [4.69, 9.17) is 4.74 Å². The second-order valence-electron chi connectivity index (χ2n) is 5.67. The molecule has 1 heterocycles. The maximum absolute atomic E-state index is 12.4. The molecule has 2 aromatic rings. The van der Waals surface area contributed by atoms with Gasteiger partial charge in [-0.05, 0) is 48.6 Å². The summed E-state index contributed by atoms with van der Waals surface area (Å²) < 4.78 is 5.33. The molecule has 0 saturated heterocycles. The van der Waals surface area contributed by atoms with Crippen LogP contribution in [0.2, 0.25) is 0 Å². The molecule has 24 heavy (non-hydrogen) atoms. The molecule has 0 fully saturated rings. The number of amides is 1. The largest absolute Gasteiger partial charge is 0.425 e. The predicted molar refractivity (Wildman–Crippen MR) is 92.5 cm³/mol. The summed E-state index contributed by atoms with van der Waals surface area (Å²) in [6.45, 7) is 5.13. The monoisotopic (exact) mass is 345 g/mol. The van der Waals surface area contributed by atoms with E-state index < -0.39 is 12.0 Å². The lowest BCUT2D eigenvalue weighted by Gasteiger charge is -2.20. The summed E-state index contributed by atoms with van der Waals surface area (Å²) in [7, 11) is 0. The summed E-state index contributed by atoms with van der Waals surface area (Å²) in [5, 5.41) is 4.51. The zero-order valence-electron chi connectivity index (χ0n) is 13.7. The van der Waals surface area contributed by atoms with Gasteiger partial charge < -0.3 is 10.1 Å². The molecule has 1 amide bonds. The van der Waals surface area contributed by atoms with E-state index in [1.807, 2.05) is 13.8 Å². The van der Waals surface area contributed by atoms with Crippen molar-refractivity contribution in [2.75, 3.05) is 0 Å². The van der Waals surface area contributed by atoms with Gasteiger partial charge in [-0.1, -0.05) is 19.9 Å². The highest BCUT2D eigenvalue weighted by molar-refractivity contribution is 7.12. The SMILES string of the molecule is CC(=O)c1ccc(OC(=O)[C@H](NC(=O)c2cccs2)C(C)C)cc1. The Morgan fingerprint density at radius 1 is 1.08 bits per heavy atom. The van der Waals surface area contributed by atoms with E-state index in [1.54, 1.807) is 41.8 Å². The van der Waals surface area contributed by atoms with Crippen molar-refractivity contribution < 1.29 is 19.1 Å². The molecule has 1 aromatic heterocycles. The van der Waals surface area contributed by atoms with Gasteiger partial charge in [-0.15, -0.1) is 11.3 Å². The third kappa shape index (κ3) is 4.52. The molecule has 0 radical (unpaired) electrons. The fourth-order valence-corrected chi connectivity index (χ4v) is 2.68. The number of benzene rings is 1. The molecule has 0 saturated carbocycles. The highest BCUT2D eigenvalue weighted by Gasteiger charge is 2.27. The molecule has 0 aliphatic rings. The van der Waals surface area contributed by atoms with Gasteiger partial charge in [-0.2, -0.15) is 0 Å². The van der Waals surface area contributed by atoms with Crippen LogP contribution in [0.1, 0.15) is 40.8 Å². The molecule has 1 N–H and O–H groups in total. The van der Waals surface area contributed by atoms with Crippen LogP contribution in [0.15, 0.2) is 41.8 Å². The van der Waals surface area contributed by atoms with Gasteiger partial charge in [0.15, 0.2) is 5.78 Å². The Labute approximate surface area is 144 Å². The van der Waals surface area contributed by atoms with Crippen molar-refractivity contribution in [1.82, 2.24) is 5.32 Å². The van der Waals surface area contributed by atoms with Crippen molar-refractivity contribution in [2.24, 2.45) is 5.92 Å². The average Bonchev–Trinajstić information content (AvgIpc) is 3.07. The normalized spacial score (nSPS) is 11.8.